The summed E-state index contributed by atoms with van der Waals surface area (Å²) in [5, 5.41) is 15.5. The van der Waals surface area contributed by atoms with Crippen molar-refractivity contribution in [2.75, 3.05) is 44.9 Å². The average Bonchev–Trinajstić information content (AvgIpc) is 3.20. The van der Waals surface area contributed by atoms with E-state index in [-0.39, 0.29) is 11.8 Å². The lowest BCUT2D eigenvalue weighted by Gasteiger charge is -2.20. The number of benzene rings is 3. The molecule has 0 saturated carbocycles. The summed E-state index contributed by atoms with van der Waals surface area (Å²) in [6, 6.07) is 24.1. The second kappa shape index (κ2) is 10.2. The van der Waals surface area contributed by atoms with Crippen molar-refractivity contribution in [3.05, 3.63) is 95.1 Å². The molecule has 0 spiro atoms. The highest BCUT2D eigenvalue weighted by Crippen LogP contribution is 2.38. The summed E-state index contributed by atoms with van der Waals surface area (Å²) in [6.07, 6.45) is 0. The van der Waals surface area contributed by atoms with Crippen molar-refractivity contribution in [3.63, 3.8) is 0 Å². The zero-order valence-electron chi connectivity index (χ0n) is 20.0. The highest BCUT2D eigenvalue weighted by molar-refractivity contribution is 6.37. The number of hydrogen-bond acceptors (Lipinski definition) is 5. The molecular weight excluding hydrogens is 438 g/mol. The van der Waals surface area contributed by atoms with Gasteiger partial charge in [-0.1, -0.05) is 36.4 Å². The number of hydrogen-bond donors (Lipinski definition) is 2. The summed E-state index contributed by atoms with van der Waals surface area (Å²) in [7, 11) is 5.75. The van der Waals surface area contributed by atoms with Crippen LogP contribution in [0.4, 0.5) is 11.4 Å². The summed E-state index contributed by atoms with van der Waals surface area (Å²) in [4.78, 5) is 29.5. The van der Waals surface area contributed by atoms with E-state index in [1.54, 1.807) is 42.3 Å². The molecule has 176 valence electrons. The summed E-state index contributed by atoms with van der Waals surface area (Å²) in [5.74, 6) is -0.284. The van der Waals surface area contributed by atoms with Crippen LogP contribution in [0.2, 0.25) is 0 Å². The summed E-state index contributed by atoms with van der Waals surface area (Å²) in [5.41, 5.74) is 5.16. The van der Waals surface area contributed by atoms with Crippen molar-refractivity contribution in [1.82, 2.24) is 9.80 Å². The zero-order chi connectivity index (χ0) is 24.9. The Balaban J connectivity index is 1.67. The molecule has 0 aliphatic carbocycles. The number of carbonyl (C=O) groups is 2. The van der Waals surface area contributed by atoms with Crippen LogP contribution in [0.5, 0.6) is 0 Å². The molecule has 4 rings (SSSR count). The van der Waals surface area contributed by atoms with E-state index in [1.807, 2.05) is 61.5 Å². The Morgan fingerprint density at radius 1 is 0.943 bits per heavy atom. The van der Waals surface area contributed by atoms with Crippen LogP contribution in [0.3, 0.4) is 0 Å². The van der Waals surface area contributed by atoms with E-state index < -0.39 is 0 Å². The molecule has 0 atom stereocenters. The average molecular weight is 466 g/mol. The molecule has 0 bridgehead atoms. The van der Waals surface area contributed by atoms with Gasteiger partial charge < -0.3 is 20.4 Å². The van der Waals surface area contributed by atoms with E-state index in [0.29, 0.717) is 34.6 Å². The maximum Gasteiger partial charge on any atom is 0.258 e. The lowest BCUT2D eigenvalue weighted by molar-refractivity contribution is -0.110. The van der Waals surface area contributed by atoms with E-state index in [1.165, 1.54) is 0 Å². The van der Waals surface area contributed by atoms with E-state index in [2.05, 4.69) is 16.7 Å². The molecule has 0 fully saturated rings. The third-order valence-corrected chi connectivity index (χ3v) is 5.84. The molecule has 1 aliphatic rings. The number of anilines is 2. The van der Waals surface area contributed by atoms with Gasteiger partial charge in [0.15, 0.2) is 0 Å². The zero-order valence-corrected chi connectivity index (χ0v) is 20.0. The minimum Gasteiger partial charge on any atom is -0.354 e. The van der Waals surface area contributed by atoms with E-state index in [9.17, 15) is 14.9 Å². The molecule has 7 heteroatoms. The van der Waals surface area contributed by atoms with Crippen LogP contribution in [-0.4, -0.2) is 55.8 Å². The Kier molecular flexibility index (Phi) is 6.95. The SMILES string of the molecule is CN(C)CCN(C)C(=O)c1ccc(N/C(=C2\C(=O)Nc3cc(C#N)ccc32)c2ccccc2)cc1. The summed E-state index contributed by atoms with van der Waals surface area (Å²) in [6.45, 7) is 1.42. The normalized spacial score (nSPS) is 13.6. The molecule has 35 heavy (non-hydrogen) atoms. The summed E-state index contributed by atoms with van der Waals surface area (Å²) >= 11 is 0. The first-order valence-electron chi connectivity index (χ1n) is 11.3. The highest BCUT2D eigenvalue weighted by atomic mass is 16.2. The van der Waals surface area contributed by atoms with E-state index >= 15 is 0 Å². The second-order valence-electron chi connectivity index (χ2n) is 8.67. The van der Waals surface area contributed by atoms with Crippen molar-refractivity contribution >= 4 is 34.5 Å². The minimum absolute atomic E-state index is 0.0440. The molecule has 0 aromatic heterocycles. The fraction of sp³-hybridized carbons (Fsp3) is 0.179. The van der Waals surface area contributed by atoms with Gasteiger partial charge in [0, 0.05) is 37.0 Å². The number of likely N-dealkylation sites (N-methyl/N-ethyl adjacent to an activating group) is 2. The first-order valence-corrected chi connectivity index (χ1v) is 11.3. The van der Waals surface area contributed by atoms with Gasteiger partial charge in [0.05, 0.1) is 28.6 Å². The van der Waals surface area contributed by atoms with Crippen LogP contribution < -0.4 is 10.6 Å². The van der Waals surface area contributed by atoms with Crippen molar-refractivity contribution < 1.29 is 9.59 Å². The van der Waals surface area contributed by atoms with Gasteiger partial charge in [0.2, 0.25) is 0 Å². The van der Waals surface area contributed by atoms with Gasteiger partial charge in [0.1, 0.15) is 0 Å². The first kappa shape index (κ1) is 23.7. The standard InChI is InChI=1S/C28H27N5O2/c1-32(2)15-16-33(3)28(35)21-10-12-22(13-11-21)30-26(20-7-5-4-6-8-20)25-23-14-9-19(18-29)17-24(23)31-27(25)34/h4-14,17,30H,15-16H2,1-3H3,(H,31,34)/b26-25-. The maximum atomic E-state index is 13.0. The Hall–Kier alpha value is -4.41. The molecule has 0 unspecified atom stereocenters. The molecule has 1 aliphatic heterocycles. The van der Waals surface area contributed by atoms with Crippen LogP contribution in [0.25, 0.3) is 11.3 Å². The maximum absolute atomic E-state index is 13.0. The monoisotopic (exact) mass is 465 g/mol. The molecular formula is C28H27N5O2. The number of amides is 2. The minimum atomic E-state index is -0.240. The van der Waals surface area contributed by atoms with E-state index in [4.69, 9.17) is 0 Å². The molecule has 1 heterocycles. The largest absolute Gasteiger partial charge is 0.354 e. The molecule has 0 saturated heterocycles. The van der Waals surface area contributed by atoms with Crippen LogP contribution in [0, 0.1) is 11.3 Å². The van der Waals surface area contributed by atoms with Crippen molar-refractivity contribution in [3.8, 4) is 6.07 Å². The van der Waals surface area contributed by atoms with Gasteiger partial charge in [0.25, 0.3) is 11.8 Å². The van der Waals surface area contributed by atoms with Crippen LogP contribution >= 0.6 is 0 Å². The Morgan fingerprint density at radius 2 is 1.66 bits per heavy atom. The molecule has 0 radical (unpaired) electrons. The third kappa shape index (κ3) is 5.24. The lowest BCUT2D eigenvalue weighted by Crippen LogP contribution is -2.33. The summed E-state index contributed by atoms with van der Waals surface area (Å²) < 4.78 is 0. The Labute approximate surface area is 205 Å². The Bertz CT molecular complexity index is 1320. The first-order chi connectivity index (χ1) is 16.9. The number of fused-ring (bicyclic) bond motifs is 1. The quantitative estimate of drug-likeness (QED) is 0.513. The van der Waals surface area contributed by atoms with Gasteiger partial charge in [-0.15, -0.1) is 0 Å². The fourth-order valence-electron chi connectivity index (χ4n) is 3.89. The smallest absolute Gasteiger partial charge is 0.258 e. The van der Waals surface area contributed by atoms with Crippen molar-refractivity contribution in [1.29, 1.82) is 5.26 Å². The molecule has 2 N–H and O–H groups in total. The van der Waals surface area contributed by atoms with Gasteiger partial charge in [-0.3, -0.25) is 9.59 Å². The number of carbonyl (C=O) groups excluding carboxylic acids is 2. The number of nitrogens with one attached hydrogen (secondary N) is 2. The molecule has 2 amide bonds. The van der Waals surface area contributed by atoms with Crippen LogP contribution in [0.1, 0.15) is 27.0 Å². The fourth-order valence-corrected chi connectivity index (χ4v) is 3.89. The number of nitriles is 1. The van der Waals surface area contributed by atoms with Gasteiger partial charge in [-0.25, -0.2) is 0 Å². The van der Waals surface area contributed by atoms with E-state index in [0.717, 1.165) is 23.4 Å². The predicted molar refractivity (Wildman–Crippen MR) is 139 cm³/mol. The number of nitrogens with zero attached hydrogens (tertiary/aromatic N) is 3. The third-order valence-electron chi connectivity index (χ3n) is 5.84. The molecule has 7 nitrogen and oxygen atoms in total. The second-order valence-corrected chi connectivity index (χ2v) is 8.67. The Morgan fingerprint density at radius 3 is 2.31 bits per heavy atom. The van der Waals surface area contributed by atoms with Gasteiger partial charge in [-0.2, -0.15) is 5.26 Å². The van der Waals surface area contributed by atoms with Gasteiger partial charge in [-0.05, 0) is 56.1 Å². The molecule has 3 aromatic carbocycles. The van der Waals surface area contributed by atoms with Crippen LogP contribution in [0.15, 0.2) is 72.8 Å². The van der Waals surface area contributed by atoms with Crippen molar-refractivity contribution in [2.45, 2.75) is 0 Å². The predicted octanol–water partition coefficient (Wildman–Crippen LogP) is 4.12. The van der Waals surface area contributed by atoms with Crippen molar-refractivity contribution in [2.24, 2.45) is 0 Å². The number of rotatable bonds is 7. The molecule has 3 aromatic rings. The topological polar surface area (TPSA) is 88.5 Å². The van der Waals surface area contributed by atoms with Crippen LogP contribution in [-0.2, 0) is 4.79 Å². The van der Waals surface area contributed by atoms with Gasteiger partial charge >= 0.3 is 0 Å². The highest BCUT2D eigenvalue weighted by Gasteiger charge is 2.28. The lowest BCUT2D eigenvalue weighted by atomic mass is 9.99.